The minimum atomic E-state index is -4.38. The first-order valence-electron chi connectivity index (χ1n) is 4.98. The maximum absolute atomic E-state index is 10.7. The SMILES string of the molecule is C=CCC=CCOc1ccc(S(=O)(=O)[O-])cc1.[Na+]. The van der Waals surface area contributed by atoms with Crippen LogP contribution in [0.15, 0.2) is 54.0 Å². The van der Waals surface area contributed by atoms with E-state index >= 15 is 0 Å². The molecule has 0 fully saturated rings. The van der Waals surface area contributed by atoms with Gasteiger partial charge in [0.25, 0.3) is 0 Å². The third-order valence-electron chi connectivity index (χ3n) is 1.93. The van der Waals surface area contributed by atoms with E-state index in [4.69, 9.17) is 4.74 Å². The van der Waals surface area contributed by atoms with Crippen LogP contribution in [0.4, 0.5) is 0 Å². The fourth-order valence-corrected chi connectivity index (χ4v) is 1.58. The Morgan fingerprint density at radius 1 is 1.22 bits per heavy atom. The van der Waals surface area contributed by atoms with Crippen molar-refractivity contribution in [1.82, 2.24) is 0 Å². The van der Waals surface area contributed by atoms with Crippen LogP contribution in [0.2, 0.25) is 0 Å². The number of hydrogen-bond acceptors (Lipinski definition) is 4. The van der Waals surface area contributed by atoms with Crippen molar-refractivity contribution in [2.75, 3.05) is 6.61 Å². The molecule has 4 nitrogen and oxygen atoms in total. The zero-order valence-corrected chi connectivity index (χ0v) is 13.0. The van der Waals surface area contributed by atoms with Gasteiger partial charge in [0.05, 0.1) is 4.90 Å². The van der Waals surface area contributed by atoms with Crippen LogP contribution >= 0.6 is 0 Å². The molecule has 1 aromatic rings. The molecule has 0 aliphatic carbocycles. The van der Waals surface area contributed by atoms with E-state index in [1.807, 2.05) is 12.2 Å². The monoisotopic (exact) mass is 276 g/mol. The van der Waals surface area contributed by atoms with Crippen molar-refractivity contribution >= 4 is 10.1 Å². The van der Waals surface area contributed by atoms with Gasteiger partial charge in [0, 0.05) is 0 Å². The predicted octanol–water partition coefficient (Wildman–Crippen LogP) is -0.894. The Hall–Kier alpha value is -0.590. The van der Waals surface area contributed by atoms with Crippen molar-refractivity contribution in [3.8, 4) is 5.75 Å². The molecule has 92 valence electrons. The van der Waals surface area contributed by atoms with Crippen molar-refractivity contribution in [2.45, 2.75) is 11.3 Å². The molecule has 6 heteroatoms. The standard InChI is InChI=1S/C12H14O4S.Na/c1-2-3-4-5-10-16-11-6-8-12(9-7-11)17(13,14)15;/h2,4-9H,1,3,10H2,(H,13,14,15);/q;+1/p-1. The summed E-state index contributed by atoms with van der Waals surface area (Å²) in [4.78, 5) is -0.257. The van der Waals surface area contributed by atoms with E-state index in [9.17, 15) is 13.0 Å². The van der Waals surface area contributed by atoms with Gasteiger partial charge >= 0.3 is 29.6 Å². The molecule has 0 aromatic heterocycles. The van der Waals surface area contributed by atoms with Gasteiger partial charge < -0.3 is 9.29 Å². The van der Waals surface area contributed by atoms with E-state index in [1.165, 1.54) is 24.3 Å². The summed E-state index contributed by atoms with van der Waals surface area (Å²) in [5, 5.41) is 0. The molecule has 0 bridgehead atoms. The van der Waals surface area contributed by atoms with Gasteiger partial charge in [-0.25, -0.2) is 8.42 Å². The Balaban J connectivity index is 0.00000289. The minimum Gasteiger partial charge on any atom is -0.744 e. The van der Waals surface area contributed by atoms with Gasteiger partial charge in [-0.3, -0.25) is 0 Å². The van der Waals surface area contributed by atoms with Crippen molar-refractivity contribution in [3.05, 3.63) is 49.1 Å². The maximum atomic E-state index is 10.7. The molecule has 1 aromatic carbocycles. The van der Waals surface area contributed by atoms with E-state index < -0.39 is 10.1 Å². The third-order valence-corrected chi connectivity index (χ3v) is 2.78. The first kappa shape index (κ1) is 17.4. The fraction of sp³-hybridized carbons (Fsp3) is 0.167. The first-order chi connectivity index (χ1) is 8.04. The van der Waals surface area contributed by atoms with Crippen molar-refractivity contribution < 1.29 is 47.3 Å². The number of allylic oxidation sites excluding steroid dienone is 2. The summed E-state index contributed by atoms with van der Waals surface area (Å²) in [7, 11) is -4.38. The Kier molecular flexibility index (Phi) is 8.22. The second kappa shape index (κ2) is 8.50. The summed E-state index contributed by atoms with van der Waals surface area (Å²) in [6, 6.07) is 5.36. The maximum Gasteiger partial charge on any atom is 1.00 e. The van der Waals surface area contributed by atoms with Crippen LogP contribution in [-0.2, 0) is 10.1 Å². The van der Waals surface area contributed by atoms with Crippen molar-refractivity contribution in [3.63, 3.8) is 0 Å². The largest absolute Gasteiger partial charge is 1.00 e. The van der Waals surface area contributed by atoms with Crippen LogP contribution in [0.25, 0.3) is 0 Å². The molecule has 0 saturated carbocycles. The van der Waals surface area contributed by atoms with Crippen LogP contribution in [0.5, 0.6) is 5.75 Å². The predicted molar refractivity (Wildman–Crippen MR) is 63.9 cm³/mol. The first-order valence-corrected chi connectivity index (χ1v) is 6.39. The van der Waals surface area contributed by atoms with Crippen LogP contribution in [0.3, 0.4) is 0 Å². The topological polar surface area (TPSA) is 66.4 Å². The van der Waals surface area contributed by atoms with Gasteiger partial charge in [-0.1, -0.05) is 18.2 Å². The molecule has 18 heavy (non-hydrogen) atoms. The number of benzene rings is 1. The molecule has 0 spiro atoms. The van der Waals surface area contributed by atoms with E-state index in [0.717, 1.165) is 6.42 Å². The van der Waals surface area contributed by atoms with Crippen molar-refractivity contribution in [2.24, 2.45) is 0 Å². The normalized spacial score (nSPS) is 10.9. The summed E-state index contributed by atoms with van der Waals surface area (Å²) in [6.07, 6.45) is 6.28. The van der Waals surface area contributed by atoms with Gasteiger partial charge in [0.2, 0.25) is 0 Å². The summed E-state index contributed by atoms with van der Waals surface area (Å²) in [5.74, 6) is 0.514. The molecule has 0 aliphatic heterocycles. The molecule has 0 N–H and O–H groups in total. The Bertz CT molecular complexity index is 491. The second-order valence-corrected chi connectivity index (χ2v) is 4.61. The smallest absolute Gasteiger partial charge is 0.744 e. The van der Waals surface area contributed by atoms with Crippen LogP contribution in [-0.4, -0.2) is 19.6 Å². The Labute approximate surface area is 129 Å². The summed E-state index contributed by atoms with van der Waals surface area (Å²) in [5.41, 5.74) is 0. The summed E-state index contributed by atoms with van der Waals surface area (Å²) in [6.45, 7) is 3.96. The van der Waals surface area contributed by atoms with Gasteiger partial charge in [-0.05, 0) is 30.7 Å². The average Bonchev–Trinajstić information content (AvgIpc) is 2.28. The number of hydrogen-bond donors (Lipinski definition) is 0. The van der Waals surface area contributed by atoms with Crippen LogP contribution < -0.4 is 34.3 Å². The van der Waals surface area contributed by atoms with Crippen LogP contribution in [0.1, 0.15) is 6.42 Å². The average molecular weight is 276 g/mol. The van der Waals surface area contributed by atoms with Crippen LogP contribution in [0, 0.1) is 0 Å². The Morgan fingerprint density at radius 2 is 1.83 bits per heavy atom. The Morgan fingerprint density at radius 3 is 2.33 bits per heavy atom. The molecule has 0 aliphatic rings. The molecule has 0 heterocycles. The van der Waals surface area contributed by atoms with Gasteiger partial charge in [-0.15, -0.1) is 6.58 Å². The summed E-state index contributed by atoms with van der Waals surface area (Å²) < 4.78 is 37.3. The number of rotatable bonds is 6. The van der Waals surface area contributed by atoms with E-state index in [0.29, 0.717) is 12.4 Å². The number of ether oxygens (including phenoxy) is 1. The molecule has 1 rings (SSSR count). The minimum absolute atomic E-state index is 0. The van der Waals surface area contributed by atoms with E-state index in [1.54, 1.807) is 6.08 Å². The second-order valence-electron chi connectivity index (χ2n) is 3.23. The third kappa shape index (κ3) is 6.37. The van der Waals surface area contributed by atoms with E-state index in [2.05, 4.69) is 6.58 Å². The zero-order chi connectivity index (χ0) is 12.7. The molecular formula is C12H13NaO4S. The van der Waals surface area contributed by atoms with E-state index in [-0.39, 0.29) is 34.5 Å². The van der Waals surface area contributed by atoms with Gasteiger partial charge in [0.1, 0.15) is 22.5 Å². The summed E-state index contributed by atoms with van der Waals surface area (Å²) >= 11 is 0. The molecular weight excluding hydrogens is 263 g/mol. The molecule has 0 radical (unpaired) electrons. The van der Waals surface area contributed by atoms with Gasteiger partial charge in [0.15, 0.2) is 0 Å². The molecule has 0 amide bonds. The van der Waals surface area contributed by atoms with Crippen molar-refractivity contribution in [1.29, 1.82) is 0 Å². The fourth-order valence-electron chi connectivity index (χ4n) is 1.11. The molecule has 0 unspecified atom stereocenters. The molecule has 0 atom stereocenters. The molecule has 0 saturated heterocycles. The zero-order valence-electron chi connectivity index (χ0n) is 10.2. The quantitative estimate of drug-likeness (QED) is 0.384. The van der Waals surface area contributed by atoms with Gasteiger partial charge in [-0.2, -0.15) is 0 Å².